The van der Waals surface area contributed by atoms with Crippen LogP contribution in [0.3, 0.4) is 0 Å². The summed E-state index contributed by atoms with van der Waals surface area (Å²) < 4.78 is 1.97. The van der Waals surface area contributed by atoms with Gasteiger partial charge in [0.05, 0.1) is 6.54 Å². The average Bonchev–Trinajstić information content (AvgIpc) is 3.05. The number of carbonyl (C=O) groups excluding carboxylic acids is 1. The van der Waals surface area contributed by atoms with E-state index in [9.17, 15) is 4.79 Å². The molecule has 23 heavy (non-hydrogen) atoms. The predicted octanol–water partition coefficient (Wildman–Crippen LogP) is -0.199. The lowest BCUT2D eigenvalue weighted by Crippen LogP contribution is -2.51. The topological polar surface area (TPSA) is 87.4 Å². The van der Waals surface area contributed by atoms with E-state index in [2.05, 4.69) is 30.7 Å². The van der Waals surface area contributed by atoms with Gasteiger partial charge in [-0.3, -0.25) is 9.79 Å². The maximum absolute atomic E-state index is 11.6. The number of aryl methyl sites for hydroxylation is 1. The van der Waals surface area contributed by atoms with Gasteiger partial charge in [0, 0.05) is 45.6 Å². The Morgan fingerprint density at radius 3 is 2.91 bits per heavy atom. The molecule has 0 bridgehead atoms. The Hall–Kier alpha value is -2.12. The SMILES string of the molecule is CN=C(NCc1nnc(C)n1C)N1CCCC2(CNC(=O)C2)C1. The summed E-state index contributed by atoms with van der Waals surface area (Å²) in [6, 6.07) is 0. The van der Waals surface area contributed by atoms with Crippen LogP contribution >= 0.6 is 0 Å². The number of guanidine groups is 1. The number of amides is 1. The zero-order valence-corrected chi connectivity index (χ0v) is 14.1. The first-order valence-electron chi connectivity index (χ1n) is 8.10. The summed E-state index contributed by atoms with van der Waals surface area (Å²) in [4.78, 5) is 18.3. The van der Waals surface area contributed by atoms with Crippen LogP contribution in [0.25, 0.3) is 0 Å². The molecule has 1 spiro atoms. The Bertz CT molecular complexity index is 623. The van der Waals surface area contributed by atoms with Gasteiger partial charge in [0.2, 0.25) is 5.91 Å². The Morgan fingerprint density at radius 2 is 2.30 bits per heavy atom. The van der Waals surface area contributed by atoms with Gasteiger partial charge in [-0.1, -0.05) is 0 Å². The van der Waals surface area contributed by atoms with Gasteiger partial charge in [0.1, 0.15) is 5.82 Å². The Balaban J connectivity index is 1.64. The molecule has 2 N–H and O–H groups in total. The second kappa shape index (κ2) is 6.17. The van der Waals surface area contributed by atoms with Crippen LogP contribution < -0.4 is 10.6 Å². The summed E-state index contributed by atoms with van der Waals surface area (Å²) in [5.41, 5.74) is 0.0638. The van der Waals surface area contributed by atoms with Gasteiger partial charge >= 0.3 is 0 Å². The van der Waals surface area contributed by atoms with Gasteiger partial charge in [0.15, 0.2) is 11.8 Å². The molecule has 2 aliphatic heterocycles. The molecule has 8 nitrogen and oxygen atoms in total. The lowest BCUT2D eigenvalue weighted by Gasteiger charge is -2.40. The van der Waals surface area contributed by atoms with Crippen molar-refractivity contribution >= 4 is 11.9 Å². The van der Waals surface area contributed by atoms with Gasteiger partial charge in [0.25, 0.3) is 0 Å². The average molecular weight is 319 g/mol. The lowest BCUT2D eigenvalue weighted by molar-refractivity contribution is -0.119. The largest absolute Gasteiger partial charge is 0.355 e. The molecular weight excluding hydrogens is 294 g/mol. The number of piperidine rings is 1. The number of nitrogens with one attached hydrogen (secondary N) is 2. The van der Waals surface area contributed by atoms with Crippen molar-refractivity contribution in [1.82, 2.24) is 30.3 Å². The highest BCUT2D eigenvalue weighted by Gasteiger charge is 2.42. The molecule has 0 saturated carbocycles. The van der Waals surface area contributed by atoms with Crippen LogP contribution in [0.1, 0.15) is 30.9 Å². The minimum Gasteiger partial charge on any atom is -0.355 e. The van der Waals surface area contributed by atoms with Crippen LogP contribution in [0.15, 0.2) is 4.99 Å². The molecule has 8 heteroatoms. The van der Waals surface area contributed by atoms with Crippen molar-refractivity contribution in [3.05, 3.63) is 11.6 Å². The highest BCUT2D eigenvalue weighted by Crippen LogP contribution is 2.35. The van der Waals surface area contributed by atoms with Crippen molar-refractivity contribution in [1.29, 1.82) is 0 Å². The van der Waals surface area contributed by atoms with Crippen molar-refractivity contribution in [3.63, 3.8) is 0 Å². The molecule has 1 amide bonds. The van der Waals surface area contributed by atoms with E-state index in [0.29, 0.717) is 13.0 Å². The fraction of sp³-hybridized carbons (Fsp3) is 0.733. The van der Waals surface area contributed by atoms with E-state index in [-0.39, 0.29) is 11.3 Å². The smallest absolute Gasteiger partial charge is 0.220 e. The third-order valence-corrected chi connectivity index (χ3v) is 4.96. The molecule has 1 aromatic heterocycles. The minimum atomic E-state index is 0.0638. The van der Waals surface area contributed by atoms with E-state index >= 15 is 0 Å². The zero-order chi connectivity index (χ0) is 16.4. The van der Waals surface area contributed by atoms with Crippen LogP contribution in [0, 0.1) is 12.3 Å². The monoisotopic (exact) mass is 319 g/mol. The molecule has 1 unspecified atom stereocenters. The maximum Gasteiger partial charge on any atom is 0.220 e. The number of likely N-dealkylation sites (tertiary alicyclic amines) is 1. The Morgan fingerprint density at radius 1 is 1.48 bits per heavy atom. The third-order valence-electron chi connectivity index (χ3n) is 4.96. The molecule has 1 aromatic rings. The Labute approximate surface area is 136 Å². The summed E-state index contributed by atoms with van der Waals surface area (Å²) >= 11 is 0. The third kappa shape index (κ3) is 3.16. The molecule has 3 heterocycles. The van der Waals surface area contributed by atoms with E-state index in [1.165, 1.54) is 0 Å². The fourth-order valence-electron chi connectivity index (χ4n) is 3.52. The lowest BCUT2D eigenvalue weighted by atomic mass is 9.79. The van der Waals surface area contributed by atoms with Crippen molar-refractivity contribution in [2.75, 3.05) is 26.7 Å². The zero-order valence-electron chi connectivity index (χ0n) is 14.1. The second-order valence-corrected chi connectivity index (χ2v) is 6.60. The van der Waals surface area contributed by atoms with E-state index in [0.717, 1.165) is 50.1 Å². The molecule has 0 aliphatic carbocycles. The highest BCUT2D eigenvalue weighted by atomic mass is 16.1. The second-order valence-electron chi connectivity index (χ2n) is 6.60. The summed E-state index contributed by atoms with van der Waals surface area (Å²) in [6.45, 7) is 5.13. The fourth-order valence-corrected chi connectivity index (χ4v) is 3.52. The minimum absolute atomic E-state index is 0.0638. The molecule has 2 aliphatic rings. The normalized spacial score (nSPS) is 25.1. The van der Waals surface area contributed by atoms with E-state index < -0.39 is 0 Å². The molecular formula is C15H25N7O. The number of hydrogen-bond acceptors (Lipinski definition) is 4. The number of aliphatic imine (C=N–C) groups is 1. The first-order chi connectivity index (χ1) is 11.0. The van der Waals surface area contributed by atoms with Crippen molar-refractivity contribution in [2.24, 2.45) is 17.5 Å². The first-order valence-corrected chi connectivity index (χ1v) is 8.10. The van der Waals surface area contributed by atoms with Crippen molar-refractivity contribution in [3.8, 4) is 0 Å². The van der Waals surface area contributed by atoms with Crippen LogP contribution in [0.2, 0.25) is 0 Å². The van der Waals surface area contributed by atoms with Gasteiger partial charge in [-0.15, -0.1) is 10.2 Å². The summed E-state index contributed by atoms with van der Waals surface area (Å²) in [7, 11) is 3.75. The van der Waals surface area contributed by atoms with Gasteiger partial charge in [-0.25, -0.2) is 0 Å². The van der Waals surface area contributed by atoms with Gasteiger partial charge in [-0.05, 0) is 19.8 Å². The molecule has 2 saturated heterocycles. The predicted molar refractivity (Wildman–Crippen MR) is 86.8 cm³/mol. The van der Waals surface area contributed by atoms with E-state index in [1.807, 2.05) is 18.5 Å². The van der Waals surface area contributed by atoms with Crippen LogP contribution in [0.5, 0.6) is 0 Å². The van der Waals surface area contributed by atoms with Crippen LogP contribution in [-0.2, 0) is 18.4 Å². The van der Waals surface area contributed by atoms with Crippen LogP contribution in [0.4, 0.5) is 0 Å². The molecule has 1 atom stereocenters. The number of aromatic nitrogens is 3. The van der Waals surface area contributed by atoms with Gasteiger partial charge in [-0.2, -0.15) is 0 Å². The number of carbonyl (C=O) groups is 1. The van der Waals surface area contributed by atoms with Crippen molar-refractivity contribution < 1.29 is 4.79 Å². The number of nitrogens with zero attached hydrogens (tertiary/aromatic N) is 5. The summed E-state index contributed by atoms with van der Waals surface area (Å²) in [5.74, 6) is 2.81. The summed E-state index contributed by atoms with van der Waals surface area (Å²) in [6.07, 6.45) is 2.81. The van der Waals surface area contributed by atoms with E-state index in [4.69, 9.17) is 0 Å². The molecule has 126 valence electrons. The Kier molecular flexibility index (Phi) is 4.23. The standard InChI is InChI=1S/C15H25N7O/c1-11-19-20-12(21(11)3)8-17-14(16-2)22-6-4-5-15(10-22)7-13(23)18-9-15/h4-10H2,1-3H3,(H,16,17)(H,18,23). The molecule has 0 aromatic carbocycles. The van der Waals surface area contributed by atoms with Crippen molar-refractivity contribution in [2.45, 2.75) is 32.7 Å². The van der Waals surface area contributed by atoms with Crippen LogP contribution in [-0.4, -0.2) is 58.2 Å². The molecule has 2 fully saturated rings. The first kappa shape index (κ1) is 15.8. The maximum atomic E-state index is 11.6. The molecule has 3 rings (SSSR count). The van der Waals surface area contributed by atoms with E-state index in [1.54, 1.807) is 7.05 Å². The number of hydrogen-bond donors (Lipinski definition) is 2. The van der Waals surface area contributed by atoms with Gasteiger partial charge < -0.3 is 20.1 Å². The number of rotatable bonds is 2. The highest BCUT2D eigenvalue weighted by molar-refractivity contribution is 5.81. The quantitative estimate of drug-likeness (QED) is 0.582. The summed E-state index contributed by atoms with van der Waals surface area (Å²) in [5, 5.41) is 14.6. The molecule has 0 radical (unpaired) electrons.